The Labute approximate surface area is 209 Å². The predicted molar refractivity (Wildman–Crippen MR) is 125 cm³/mol. The topological polar surface area (TPSA) is 46.9 Å². The first-order valence-electron chi connectivity index (χ1n) is 11.4. The number of benzene rings is 2. The molecule has 4 rings (SSSR count). The molecular formula is C25H25F6N3OS. The number of carbonyl (C=O) groups excluding carboxylic acids is 1. The van der Waals surface area contributed by atoms with Crippen molar-refractivity contribution in [3.8, 4) is 5.69 Å². The fraction of sp³-hybridized carbons (Fsp3) is 0.360. The molecule has 0 saturated heterocycles. The van der Waals surface area contributed by atoms with E-state index in [4.69, 9.17) is 0 Å². The van der Waals surface area contributed by atoms with Gasteiger partial charge in [0.1, 0.15) is 11.5 Å². The highest BCUT2D eigenvalue weighted by Gasteiger charge is 2.37. The van der Waals surface area contributed by atoms with Crippen molar-refractivity contribution in [2.75, 3.05) is 0 Å². The largest absolute Gasteiger partial charge is 0.416 e. The molecule has 1 N–H and O–H groups in total. The molecule has 0 spiro atoms. The lowest BCUT2D eigenvalue weighted by Gasteiger charge is -2.34. The van der Waals surface area contributed by atoms with Crippen LogP contribution in [0.1, 0.15) is 49.9 Å². The number of aromatic nitrogens is 2. The lowest BCUT2D eigenvalue weighted by atomic mass is 9.84. The van der Waals surface area contributed by atoms with Crippen molar-refractivity contribution in [1.82, 2.24) is 15.1 Å². The van der Waals surface area contributed by atoms with Crippen LogP contribution in [-0.4, -0.2) is 20.9 Å². The quantitative estimate of drug-likeness (QED) is 0.330. The summed E-state index contributed by atoms with van der Waals surface area (Å²) >= 11 is 1.47. The molecule has 4 nitrogen and oxygen atoms in total. The van der Waals surface area contributed by atoms with Gasteiger partial charge >= 0.3 is 6.18 Å². The van der Waals surface area contributed by atoms with Crippen molar-refractivity contribution in [3.05, 3.63) is 77.4 Å². The highest BCUT2D eigenvalue weighted by Crippen LogP contribution is 2.41. The summed E-state index contributed by atoms with van der Waals surface area (Å²) in [6, 6.07) is 9.92. The van der Waals surface area contributed by atoms with Crippen LogP contribution in [0, 0.1) is 11.7 Å². The molecule has 1 aliphatic rings. The Balaban J connectivity index is 0.00000176. The number of carbonyl (C=O) groups is 1. The molecule has 36 heavy (non-hydrogen) atoms. The SMILES string of the molecule is CC.O=C(NCc1cn(-c2ccc(C(F)(F)F)cc2)nc1C(F)F)C1CCC1Sc1ccc(F)cc1. The molecule has 194 valence electrons. The van der Waals surface area contributed by atoms with Crippen LogP contribution < -0.4 is 5.32 Å². The zero-order valence-electron chi connectivity index (χ0n) is 19.5. The van der Waals surface area contributed by atoms with Gasteiger partial charge < -0.3 is 5.32 Å². The van der Waals surface area contributed by atoms with Crippen molar-refractivity contribution in [2.45, 2.75) is 56.0 Å². The minimum Gasteiger partial charge on any atom is -0.352 e. The molecule has 11 heteroatoms. The van der Waals surface area contributed by atoms with E-state index >= 15 is 0 Å². The summed E-state index contributed by atoms with van der Waals surface area (Å²) in [6.45, 7) is 3.81. The number of nitrogens with zero attached hydrogens (tertiary/aromatic N) is 2. The third-order valence-corrected chi connectivity index (χ3v) is 7.00. The van der Waals surface area contributed by atoms with Crippen LogP contribution in [0.2, 0.25) is 0 Å². The molecule has 1 aromatic heterocycles. The fourth-order valence-electron chi connectivity index (χ4n) is 3.59. The number of rotatable bonds is 7. The average molecular weight is 530 g/mol. The number of hydrogen-bond acceptors (Lipinski definition) is 3. The van der Waals surface area contributed by atoms with E-state index in [1.165, 1.54) is 30.1 Å². The number of nitrogens with one attached hydrogen (secondary N) is 1. The van der Waals surface area contributed by atoms with Crippen LogP contribution in [-0.2, 0) is 17.5 Å². The Hall–Kier alpha value is -2.95. The van der Waals surface area contributed by atoms with Gasteiger partial charge in [0.15, 0.2) is 0 Å². The Morgan fingerprint density at radius 2 is 1.72 bits per heavy atom. The minimum absolute atomic E-state index is 0.00472. The van der Waals surface area contributed by atoms with E-state index in [1.54, 1.807) is 12.1 Å². The Kier molecular flexibility index (Phi) is 9.10. The van der Waals surface area contributed by atoms with Gasteiger partial charge in [-0.3, -0.25) is 4.79 Å². The Bertz CT molecular complexity index is 1150. The van der Waals surface area contributed by atoms with Crippen LogP contribution in [0.25, 0.3) is 5.69 Å². The van der Waals surface area contributed by atoms with E-state index in [1.807, 2.05) is 13.8 Å². The molecule has 1 heterocycles. The summed E-state index contributed by atoms with van der Waals surface area (Å²) in [5.74, 6) is -0.942. The van der Waals surface area contributed by atoms with Crippen molar-refractivity contribution in [2.24, 2.45) is 5.92 Å². The molecule has 0 radical (unpaired) electrons. The molecule has 1 amide bonds. The maximum Gasteiger partial charge on any atom is 0.416 e. The molecular weight excluding hydrogens is 504 g/mol. The summed E-state index contributed by atoms with van der Waals surface area (Å²) in [5, 5.41) is 6.47. The maximum absolute atomic E-state index is 13.5. The zero-order valence-corrected chi connectivity index (χ0v) is 20.3. The van der Waals surface area contributed by atoms with E-state index in [-0.39, 0.29) is 40.7 Å². The second-order valence-electron chi connectivity index (χ2n) is 7.84. The molecule has 0 bridgehead atoms. The van der Waals surface area contributed by atoms with Crippen LogP contribution in [0.15, 0.2) is 59.6 Å². The van der Waals surface area contributed by atoms with Crippen LogP contribution >= 0.6 is 11.8 Å². The van der Waals surface area contributed by atoms with Crippen LogP contribution in [0.4, 0.5) is 26.3 Å². The van der Waals surface area contributed by atoms with E-state index < -0.39 is 23.9 Å². The van der Waals surface area contributed by atoms with Crippen molar-refractivity contribution < 1.29 is 31.1 Å². The number of amides is 1. The van der Waals surface area contributed by atoms with Gasteiger partial charge in [-0.1, -0.05) is 13.8 Å². The lowest BCUT2D eigenvalue weighted by molar-refractivity contribution is -0.137. The fourth-order valence-corrected chi connectivity index (χ4v) is 4.91. The van der Waals surface area contributed by atoms with E-state index in [2.05, 4.69) is 10.4 Å². The van der Waals surface area contributed by atoms with Gasteiger partial charge in [0, 0.05) is 28.5 Å². The smallest absolute Gasteiger partial charge is 0.352 e. The number of alkyl halides is 5. The van der Waals surface area contributed by atoms with Gasteiger partial charge in [-0.15, -0.1) is 11.8 Å². The van der Waals surface area contributed by atoms with Gasteiger partial charge in [0.2, 0.25) is 5.91 Å². The van der Waals surface area contributed by atoms with E-state index in [0.717, 1.165) is 40.3 Å². The van der Waals surface area contributed by atoms with Crippen molar-refractivity contribution in [1.29, 1.82) is 0 Å². The first-order valence-corrected chi connectivity index (χ1v) is 12.2. The maximum atomic E-state index is 13.5. The standard InChI is InChI=1S/C23H19F6N3OS.C2H6/c24-15-3-7-17(8-4-15)34-19-10-9-18(19)22(33)30-11-13-12-32(31-20(13)21(25)26)16-5-1-14(2-6-16)23(27,28)29;1-2/h1-8,12,18-19,21H,9-11H2,(H,30,33);1-2H3. The second kappa shape index (κ2) is 11.9. The third-order valence-electron chi connectivity index (χ3n) is 5.59. The molecule has 1 saturated carbocycles. The number of thioether (sulfide) groups is 1. The van der Waals surface area contributed by atoms with Gasteiger partial charge in [-0.2, -0.15) is 18.3 Å². The Morgan fingerprint density at radius 3 is 2.25 bits per heavy atom. The first kappa shape index (κ1) is 27.6. The van der Waals surface area contributed by atoms with Gasteiger partial charge in [0.05, 0.1) is 17.2 Å². The van der Waals surface area contributed by atoms with E-state index in [9.17, 15) is 31.1 Å². The zero-order chi connectivity index (χ0) is 26.5. The van der Waals surface area contributed by atoms with Crippen LogP contribution in [0.5, 0.6) is 0 Å². The third kappa shape index (κ3) is 6.63. The first-order chi connectivity index (χ1) is 17.1. The summed E-state index contributed by atoms with van der Waals surface area (Å²) in [7, 11) is 0. The second-order valence-corrected chi connectivity index (χ2v) is 9.15. The monoisotopic (exact) mass is 529 g/mol. The highest BCUT2D eigenvalue weighted by atomic mass is 32.2. The van der Waals surface area contributed by atoms with Gasteiger partial charge in [-0.05, 0) is 61.4 Å². The van der Waals surface area contributed by atoms with Crippen molar-refractivity contribution in [3.63, 3.8) is 0 Å². The Morgan fingerprint density at radius 1 is 1.08 bits per heavy atom. The summed E-state index contributed by atoms with van der Waals surface area (Å²) in [6.07, 6.45) is -4.71. The van der Waals surface area contributed by atoms with Gasteiger partial charge in [-0.25, -0.2) is 17.9 Å². The molecule has 1 aliphatic carbocycles. The highest BCUT2D eigenvalue weighted by molar-refractivity contribution is 8.00. The summed E-state index contributed by atoms with van der Waals surface area (Å²) < 4.78 is 79.4. The molecule has 3 aromatic rings. The average Bonchev–Trinajstić information content (AvgIpc) is 3.27. The number of halogens is 6. The van der Waals surface area contributed by atoms with E-state index in [0.29, 0.717) is 6.42 Å². The lowest BCUT2D eigenvalue weighted by Crippen LogP contribution is -2.42. The molecule has 1 fully saturated rings. The number of hydrogen-bond donors (Lipinski definition) is 1. The molecule has 2 unspecified atom stereocenters. The predicted octanol–water partition coefficient (Wildman–Crippen LogP) is 7.18. The normalized spacial score (nSPS) is 17.2. The molecule has 0 aliphatic heterocycles. The van der Waals surface area contributed by atoms with Gasteiger partial charge in [0.25, 0.3) is 6.43 Å². The van der Waals surface area contributed by atoms with Crippen LogP contribution in [0.3, 0.4) is 0 Å². The molecule has 2 aromatic carbocycles. The van der Waals surface area contributed by atoms with Crippen molar-refractivity contribution >= 4 is 17.7 Å². The summed E-state index contributed by atoms with van der Waals surface area (Å²) in [4.78, 5) is 13.5. The minimum atomic E-state index is -4.51. The summed E-state index contributed by atoms with van der Waals surface area (Å²) in [5.41, 5.74) is -1.16. The molecule has 2 atom stereocenters.